The summed E-state index contributed by atoms with van der Waals surface area (Å²) in [6, 6.07) is -0.113. The van der Waals surface area contributed by atoms with Crippen molar-refractivity contribution in [3.63, 3.8) is 0 Å². The Hall–Kier alpha value is -0.810. The Bertz CT molecular complexity index is 240. The molecule has 0 spiro atoms. The van der Waals surface area contributed by atoms with Gasteiger partial charge in [-0.05, 0) is 6.42 Å². The van der Waals surface area contributed by atoms with Crippen molar-refractivity contribution in [3.8, 4) is 0 Å². The van der Waals surface area contributed by atoms with Gasteiger partial charge in [-0.15, -0.1) is 0 Å². The largest absolute Gasteiger partial charge is 0.388 e. The van der Waals surface area contributed by atoms with Crippen molar-refractivity contribution < 1.29 is 14.6 Å². The Morgan fingerprint density at radius 1 is 1.47 bits per heavy atom. The van der Waals surface area contributed by atoms with Crippen molar-refractivity contribution in [2.24, 2.45) is 0 Å². The first-order valence-corrected chi connectivity index (χ1v) is 6.36. The second-order valence-electron chi connectivity index (χ2n) is 4.78. The van der Waals surface area contributed by atoms with Crippen LogP contribution in [-0.4, -0.2) is 55.0 Å². The molecule has 0 unspecified atom stereocenters. The fourth-order valence-electron chi connectivity index (χ4n) is 1.93. The summed E-state index contributed by atoms with van der Waals surface area (Å²) in [6.07, 6.45) is 3.24. The molecule has 0 aromatic heterocycles. The number of aliphatic hydroxyl groups is 1. The zero-order valence-electron chi connectivity index (χ0n) is 10.9. The number of rotatable bonds is 5. The molecular weight excluding hydrogens is 220 g/mol. The summed E-state index contributed by atoms with van der Waals surface area (Å²) < 4.78 is 5.21. The molecule has 0 aliphatic carbocycles. The molecule has 0 atom stereocenters. The number of carbonyl (C=O) groups is 1. The number of urea groups is 1. The van der Waals surface area contributed by atoms with Crippen molar-refractivity contribution in [2.75, 3.05) is 33.4 Å². The third-order valence-electron chi connectivity index (χ3n) is 3.11. The topological polar surface area (TPSA) is 61.8 Å². The van der Waals surface area contributed by atoms with E-state index in [-0.39, 0.29) is 6.03 Å². The van der Waals surface area contributed by atoms with Gasteiger partial charge in [0.1, 0.15) is 0 Å². The Balaban J connectivity index is 2.31. The van der Waals surface area contributed by atoms with E-state index in [2.05, 4.69) is 12.2 Å². The first-order chi connectivity index (χ1) is 8.07. The molecule has 1 heterocycles. The highest BCUT2D eigenvalue weighted by Gasteiger charge is 2.32. The normalized spacial score (nSPS) is 18.8. The molecule has 5 heteroatoms. The van der Waals surface area contributed by atoms with Gasteiger partial charge in [0.05, 0.1) is 12.1 Å². The predicted molar refractivity (Wildman–Crippen MR) is 65.9 cm³/mol. The van der Waals surface area contributed by atoms with Crippen LogP contribution in [0.5, 0.6) is 0 Å². The van der Waals surface area contributed by atoms with Gasteiger partial charge in [-0.2, -0.15) is 0 Å². The average Bonchev–Trinajstić information content (AvgIpc) is 2.29. The van der Waals surface area contributed by atoms with Crippen LogP contribution in [0.25, 0.3) is 0 Å². The lowest BCUT2D eigenvalue weighted by molar-refractivity contribution is -0.0722. The lowest BCUT2D eigenvalue weighted by Gasteiger charge is -2.35. The Morgan fingerprint density at radius 3 is 2.71 bits per heavy atom. The van der Waals surface area contributed by atoms with Crippen molar-refractivity contribution in [2.45, 2.75) is 38.2 Å². The lowest BCUT2D eigenvalue weighted by atomic mass is 9.94. The Labute approximate surface area is 103 Å². The van der Waals surface area contributed by atoms with Crippen LogP contribution in [0, 0.1) is 0 Å². The number of nitrogens with one attached hydrogen (secondary N) is 1. The third kappa shape index (κ3) is 4.91. The number of nitrogens with zero attached hydrogens (tertiary/aromatic N) is 1. The van der Waals surface area contributed by atoms with Crippen molar-refractivity contribution in [1.29, 1.82) is 0 Å². The molecule has 0 aromatic rings. The van der Waals surface area contributed by atoms with Crippen LogP contribution in [0.3, 0.4) is 0 Å². The SMILES string of the molecule is CCCCNC(=O)N(C)CC1(O)CCOCC1. The molecule has 1 fully saturated rings. The molecule has 17 heavy (non-hydrogen) atoms. The molecule has 2 N–H and O–H groups in total. The van der Waals surface area contributed by atoms with E-state index in [9.17, 15) is 9.90 Å². The van der Waals surface area contributed by atoms with Gasteiger partial charge < -0.3 is 20.1 Å². The zero-order chi connectivity index (χ0) is 12.7. The second-order valence-corrected chi connectivity index (χ2v) is 4.78. The van der Waals surface area contributed by atoms with Gasteiger partial charge in [0.25, 0.3) is 0 Å². The smallest absolute Gasteiger partial charge is 0.317 e. The summed E-state index contributed by atoms with van der Waals surface area (Å²) in [5, 5.41) is 13.1. The third-order valence-corrected chi connectivity index (χ3v) is 3.11. The number of ether oxygens (including phenoxy) is 1. The summed E-state index contributed by atoms with van der Waals surface area (Å²) in [6.45, 7) is 4.29. The van der Waals surface area contributed by atoms with Gasteiger partial charge in [-0.3, -0.25) is 0 Å². The van der Waals surface area contributed by atoms with Gasteiger partial charge in [0.2, 0.25) is 0 Å². The highest BCUT2D eigenvalue weighted by atomic mass is 16.5. The van der Waals surface area contributed by atoms with E-state index in [0.717, 1.165) is 12.8 Å². The summed E-state index contributed by atoms with van der Waals surface area (Å²) in [7, 11) is 1.72. The summed E-state index contributed by atoms with van der Waals surface area (Å²) in [4.78, 5) is 13.3. The van der Waals surface area contributed by atoms with Gasteiger partial charge in [-0.1, -0.05) is 13.3 Å². The molecule has 1 rings (SSSR count). The second kappa shape index (κ2) is 6.81. The highest BCUT2D eigenvalue weighted by Crippen LogP contribution is 2.21. The number of likely N-dealkylation sites (N-methyl/N-ethyl adjacent to an activating group) is 1. The molecule has 1 saturated heterocycles. The fraction of sp³-hybridized carbons (Fsp3) is 0.917. The van der Waals surface area contributed by atoms with Crippen LogP contribution in [0.15, 0.2) is 0 Å². The standard InChI is InChI=1S/C12H24N2O3/c1-3-4-7-13-11(15)14(2)10-12(16)5-8-17-9-6-12/h16H,3-10H2,1-2H3,(H,13,15). The maximum atomic E-state index is 11.7. The van der Waals surface area contributed by atoms with Crippen LogP contribution in [-0.2, 0) is 4.74 Å². The van der Waals surface area contributed by atoms with Gasteiger partial charge >= 0.3 is 6.03 Å². The number of amides is 2. The van der Waals surface area contributed by atoms with E-state index < -0.39 is 5.60 Å². The average molecular weight is 244 g/mol. The van der Waals surface area contributed by atoms with Crippen LogP contribution >= 0.6 is 0 Å². The molecular formula is C12H24N2O3. The van der Waals surface area contributed by atoms with Crippen molar-refractivity contribution in [1.82, 2.24) is 10.2 Å². The molecule has 0 saturated carbocycles. The van der Waals surface area contributed by atoms with E-state index in [1.807, 2.05) is 0 Å². The van der Waals surface area contributed by atoms with E-state index in [0.29, 0.717) is 39.1 Å². The summed E-state index contributed by atoms with van der Waals surface area (Å²) in [5.74, 6) is 0. The maximum absolute atomic E-state index is 11.7. The molecule has 100 valence electrons. The lowest BCUT2D eigenvalue weighted by Crippen LogP contribution is -2.49. The minimum atomic E-state index is -0.783. The first kappa shape index (κ1) is 14.3. The molecule has 2 amide bonds. The van der Waals surface area contributed by atoms with E-state index in [1.54, 1.807) is 11.9 Å². The zero-order valence-corrected chi connectivity index (χ0v) is 10.9. The van der Waals surface area contributed by atoms with Crippen LogP contribution in [0.2, 0.25) is 0 Å². The van der Waals surface area contributed by atoms with Crippen LogP contribution in [0.4, 0.5) is 4.79 Å². The first-order valence-electron chi connectivity index (χ1n) is 6.36. The number of hydrogen-bond acceptors (Lipinski definition) is 3. The van der Waals surface area contributed by atoms with E-state index >= 15 is 0 Å². The molecule has 0 aromatic carbocycles. The summed E-state index contributed by atoms with van der Waals surface area (Å²) >= 11 is 0. The molecule has 0 radical (unpaired) electrons. The molecule has 1 aliphatic heterocycles. The minimum absolute atomic E-state index is 0.113. The Kier molecular flexibility index (Phi) is 5.71. The number of carbonyl (C=O) groups excluding carboxylic acids is 1. The minimum Gasteiger partial charge on any atom is -0.388 e. The molecule has 1 aliphatic rings. The molecule has 0 bridgehead atoms. The predicted octanol–water partition coefficient (Wildman–Crippen LogP) is 0.969. The van der Waals surface area contributed by atoms with Gasteiger partial charge in [0.15, 0.2) is 0 Å². The number of hydrogen-bond donors (Lipinski definition) is 2. The fourth-order valence-corrected chi connectivity index (χ4v) is 1.93. The van der Waals surface area contributed by atoms with Gasteiger partial charge in [0, 0.05) is 39.6 Å². The maximum Gasteiger partial charge on any atom is 0.317 e. The van der Waals surface area contributed by atoms with Crippen LogP contribution in [0.1, 0.15) is 32.6 Å². The Morgan fingerprint density at radius 2 is 2.12 bits per heavy atom. The quantitative estimate of drug-likeness (QED) is 0.708. The monoisotopic (exact) mass is 244 g/mol. The molecule has 5 nitrogen and oxygen atoms in total. The van der Waals surface area contributed by atoms with Crippen molar-refractivity contribution >= 4 is 6.03 Å². The van der Waals surface area contributed by atoms with E-state index in [4.69, 9.17) is 4.74 Å². The van der Waals surface area contributed by atoms with E-state index in [1.165, 1.54) is 0 Å². The van der Waals surface area contributed by atoms with Crippen molar-refractivity contribution in [3.05, 3.63) is 0 Å². The number of unbranched alkanes of at least 4 members (excludes halogenated alkanes) is 1. The van der Waals surface area contributed by atoms with Crippen LogP contribution < -0.4 is 5.32 Å². The van der Waals surface area contributed by atoms with Gasteiger partial charge in [-0.25, -0.2) is 4.79 Å². The summed E-state index contributed by atoms with van der Waals surface area (Å²) in [5.41, 5.74) is -0.783. The highest BCUT2D eigenvalue weighted by molar-refractivity contribution is 5.73.